The number of carbonyl (C=O) groups is 1. The molecule has 0 radical (unpaired) electrons. The van der Waals surface area contributed by atoms with Gasteiger partial charge in [-0.2, -0.15) is 0 Å². The lowest BCUT2D eigenvalue weighted by Gasteiger charge is -2.18. The normalized spacial score (nSPS) is 10.3. The second-order valence-corrected chi connectivity index (χ2v) is 6.19. The average Bonchev–Trinajstić information content (AvgIpc) is 2.64. The molecule has 0 aromatic heterocycles. The van der Waals surface area contributed by atoms with Crippen molar-refractivity contribution in [3.8, 4) is 11.5 Å². The molecular formula is C19H21ClN2O5. The summed E-state index contributed by atoms with van der Waals surface area (Å²) in [6.07, 6.45) is 0.177. The third kappa shape index (κ3) is 6.14. The molecule has 0 heterocycles. The monoisotopic (exact) mass is 392 g/mol. The van der Waals surface area contributed by atoms with Crippen LogP contribution in [0.15, 0.2) is 42.5 Å². The molecule has 0 aliphatic heterocycles. The fraction of sp³-hybridized carbons (Fsp3) is 0.316. The van der Waals surface area contributed by atoms with E-state index in [0.717, 1.165) is 5.75 Å². The van der Waals surface area contributed by atoms with Crippen molar-refractivity contribution in [2.75, 3.05) is 20.3 Å². The molecule has 2 aromatic carbocycles. The van der Waals surface area contributed by atoms with Crippen molar-refractivity contribution in [1.82, 2.24) is 4.90 Å². The second-order valence-electron chi connectivity index (χ2n) is 5.79. The van der Waals surface area contributed by atoms with Gasteiger partial charge in [-0.3, -0.25) is 14.9 Å². The van der Waals surface area contributed by atoms with Crippen molar-refractivity contribution in [1.29, 1.82) is 0 Å². The summed E-state index contributed by atoms with van der Waals surface area (Å²) in [5.74, 6) is 1.26. The van der Waals surface area contributed by atoms with E-state index in [2.05, 4.69) is 0 Å². The van der Waals surface area contributed by atoms with Crippen LogP contribution in [0.4, 0.5) is 5.69 Å². The van der Waals surface area contributed by atoms with Crippen molar-refractivity contribution in [3.05, 3.63) is 63.2 Å². The maximum Gasteiger partial charge on any atom is 0.269 e. The SMILES string of the molecule is CCOc1ccc(OCCC(=O)N(C)Cc2cc([N+](=O)[O-])ccc2Cl)cc1. The van der Waals surface area contributed by atoms with Gasteiger partial charge in [0.05, 0.1) is 24.6 Å². The van der Waals surface area contributed by atoms with Crippen molar-refractivity contribution >= 4 is 23.2 Å². The van der Waals surface area contributed by atoms with Crippen molar-refractivity contribution in [3.63, 3.8) is 0 Å². The number of non-ortho nitro benzene ring substituents is 1. The van der Waals surface area contributed by atoms with Crippen LogP contribution in [-0.4, -0.2) is 36.0 Å². The smallest absolute Gasteiger partial charge is 0.269 e. The topological polar surface area (TPSA) is 81.9 Å². The summed E-state index contributed by atoms with van der Waals surface area (Å²) in [6.45, 7) is 2.91. The van der Waals surface area contributed by atoms with Gasteiger partial charge in [0.1, 0.15) is 11.5 Å². The first-order valence-corrected chi connectivity index (χ1v) is 8.81. The van der Waals surface area contributed by atoms with Crippen LogP contribution in [0.2, 0.25) is 5.02 Å². The van der Waals surface area contributed by atoms with Gasteiger partial charge in [-0.25, -0.2) is 0 Å². The summed E-state index contributed by atoms with van der Waals surface area (Å²) in [6, 6.07) is 11.3. The number of hydrogen-bond acceptors (Lipinski definition) is 5. The van der Waals surface area contributed by atoms with Gasteiger partial charge in [-0.1, -0.05) is 11.6 Å². The van der Waals surface area contributed by atoms with E-state index in [-0.39, 0.29) is 31.2 Å². The number of amides is 1. The van der Waals surface area contributed by atoms with E-state index in [9.17, 15) is 14.9 Å². The molecule has 2 aromatic rings. The summed E-state index contributed by atoms with van der Waals surface area (Å²) in [5, 5.41) is 11.3. The Morgan fingerprint density at radius 1 is 1.15 bits per heavy atom. The molecular weight excluding hydrogens is 372 g/mol. The zero-order valence-corrected chi connectivity index (χ0v) is 15.9. The van der Waals surface area contributed by atoms with E-state index in [1.807, 2.05) is 6.92 Å². The van der Waals surface area contributed by atoms with Crippen molar-refractivity contribution in [2.24, 2.45) is 0 Å². The summed E-state index contributed by atoms with van der Waals surface area (Å²) >= 11 is 6.07. The minimum Gasteiger partial charge on any atom is -0.494 e. The van der Waals surface area contributed by atoms with Crippen molar-refractivity contribution in [2.45, 2.75) is 19.9 Å². The van der Waals surface area contributed by atoms with Crippen LogP contribution in [0, 0.1) is 10.1 Å². The number of rotatable bonds is 9. The van der Waals surface area contributed by atoms with Crippen molar-refractivity contribution < 1.29 is 19.2 Å². The largest absolute Gasteiger partial charge is 0.494 e. The van der Waals surface area contributed by atoms with Gasteiger partial charge in [-0.05, 0) is 42.8 Å². The van der Waals surface area contributed by atoms with E-state index >= 15 is 0 Å². The number of ether oxygens (including phenoxy) is 2. The fourth-order valence-corrected chi connectivity index (χ4v) is 2.56. The molecule has 1 amide bonds. The van der Waals surface area contributed by atoms with Gasteiger partial charge < -0.3 is 14.4 Å². The minimum absolute atomic E-state index is 0.0610. The Labute approximate surface area is 162 Å². The maximum atomic E-state index is 12.3. The number of nitro benzene ring substituents is 1. The van der Waals surface area contributed by atoms with Crippen LogP contribution >= 0.6 is 11.6 Å². The average molecular weight is 393 g/mol. The standard InChI is InChI=1S/C19H21ClN2O5/c1-3-26-16-5-7-17(8-6-16)27-11-10-19(23)21(2)13-14-12-15(22(24)25)4-9-18(14)20/h4-9,12H,3,10-11,13H2,1-2H3. The molecule has 0 bridgehead atoms. The number of halogens is 1. The first-order valence-electron chi connectivity index (χ1n) is 8.43. The lowest BCUT2D eigenvalue weighted by atomic mass is 10.2. The van der Waals surface area contributed by atoms with Gasteiger partial charge in [0, 0.05) is 30.7 Å². The molecule has 0 N–H and O–H groups in total. The van der Waals surface area contributed by atoms with Gasteiger partial charge in [0.2, 0.25) is 5.91 Å². The predicted molar refractivity (Wildman–Crippen MR) is 102 cm³/mol. The zero-order valence-electron chi connectivity index (χ0n) is 15.2. The highest BCUT2D eigenvalue weighted by Crippen LogP contribution is 2.23. The highest BCUT2D eigenvalue weighted by atomic mass is 35.5. The van der Waals surface area contributed by atoms with Crippen LogP contribution < -0.4 is 9.47 Å². The van der Waals surface area contributed by atoms with Gasteiger partial charge in [0.25, 0.3) is 5.69 Å². The Kier molecular flexibility index (Phi) is 7.43. The Balaban J connectivity index is 1.85. The third-order valence-corrected chi connectivity index (χ3v) is 4.16. The van der Waals surface area contributed by atoms with Gasteiger partial charge in [-0.15, -0.1) is 0 Å². The zero-order chi connectivity index (χ0) is 19.8. The molecule has 0 saturated carbocycles. The molecule has 7 nitrogen and oxygen atoms in total. The highest BCUT2D eigenvalue weighted by Gasteiger charge is 2.14. The maximum absolute atomic E-state index is 12.3. The molecule has 0 saturated heterocycles. The Bertz CT molecular complexity index is 795. The van der Waals surface area contributed by atoms with Crippen LogP contribution in [0.3, 0.4) is 0 Å². The highest BCUT2D eigenvalue weighted by molar-refractivity contribution is 6.31. The van der Waals surface area contributed by atoms with Crippen LogP contribution in [-0.2, 0) is 11.3 Å². The molecule has 0 atom stereocenters. The number of nitro groups is 1. The third-order valence-electron chi connectivity index (χ3n) is 3.79. The molecule has 0 aliphatic carbocycles. The van der Waals surface area contributed by atoms with E-state index in [1.54, 1.807) is 31.3 Å². The molecule has 0 spiro atoms. The second kappa shape index (κ2) is 9.78. The minimum atomic E-state index is -0.494. The fourth-order valence-electron chi connectivity index (χ4n) is 2.39. The summed E-state index contributed by atoms with van der Waals surface area (Å²) in [7, 11) is 1.62. The summed E-state index contributed by atoms with van der Waals surface area (Å²) < 4.78 is 10.9. The summed E-state index contributed by atoms with van der Waals surface area (Å²) in [4.78, 5) is 24.1. The Hall–Kier alpha value is -2.80. The van der Waals surface area contributed by atoms with Crippen LogP contribution in [0.5, 0.6) is 11.5 Å². The molecule has 0 aliphatic rings. The van der Waals surface area contributed by atoms with Crippen LogP contribution in [0.1, 0.15) is 18.9 Å². The lowest BCUT2D eigenvalue weighted by molar-refractivity contribution is -0.384. The molecule has 0 fully saturated rings. The van der Waals surface area contributed by atoms with E-state index in [0.29, 0.717) is 22.9 Å². The number of nitrogens with zero attached hydrogens (tertiary/aromatic N) is 2. The molecule has 0 unspecified atom stereocenters. The van der Waals surface area contributed by atoms with Gasteiger partial charge >= 0.3 is 0 Å². The molecule has 27 heavy (non-hydrogen) atoms. The first kappa shape index (κ1) is 20.5. The summed E-state index contributed by atoms with van der Waals surface area (Å²) in [5.41, 5.74) is 0.461. The van der Waals surface area contributed by atoms with Gasteiger partial charge in [0.15, 0.2) is 0 Å². The number of benzene rings is 2. The Morgan fingerprint density at radius 2 is 1.78 bits per heavy atom. The van der Waals surface area contributed by atoms with Crippen LogP contribution in [0.25, 0.3) is 0 Å². The molecule has 144 valence electrons. The number of carbonyl (C=O) groups excluding carboxylic acids is 1. The molecule has 8 heteroatoms. The Morgan fingerprint density at radius 3 is 2.37 bits per heavy atom. The first-order chi connectivity index (χ1) is 12.9. The predicted octanol–water partition coefficient (Wildman–Crippen LogP) is 4.07. The van der Waals surface area contributed by atoms with E-state index < -0.39 is 4.92 Å². The lowest BCUT2D eigenvalue weighted by Crippen LogP contribution is -2.27. The van der Waals surface area contributed by atoms with E-state index in [4.69, 9.17) is 21.1 Å². The number of hydrogen-bond donors (Lipinski definition) is 0. The molecule has 2 rings (SSSR count). The quantitative estimate of drug-likeness (QED) is 0.474. The van der Waals surface area contributed by atoms with E-state index in [1.165, 1.54) is 23.1 Å².